The molecule has 0 radical (unpaired) electrons. The molecular formula is C13H8BrCl3N2O. The van der Waals surface area contributed by atoms with Crippen LogP contribution in [0.5, 0.6) is 0 Å². The van der Waals surface area contributed by atoms with Crippen LogP contribution in [0.4, 0.5) is 5.69 Å². The van der Waals surface area contributed by atoms with E-state index in [1.54, 1.807) is 25.1 Å². The summed E-state index contributed by atoms with van der Waals surface area (Å²) in [6.07, 6.45) is 1.41. The first kappa shape index (κ1) is 15.6. The van der Waals surface area contributed by atoms with Crippen LogP contribution in [-0.4, -0.2) is 10.9 Å². The van der Waals surface area contributed by atoms with Gasteiger partial charge in [0.05, 0.1) is 26.3 Å². The molecule has 0 bridgehead atoms. The van der Waals surface area contributed by atoms with Crippen LogP contribution in [-0.2, 0) is 0 Å². The number of aryl methyl sites for hydroxylation is 1. The third-order valence-electron chi connectivity index (χ3n) is 2.48. The van der Waals surface area contributed by atoms with Crippen LogP contribution in [0.3, 0.4) is 0 Å². The molecule has 1 aromatic carbocycles. The van der Waals surface area contributed by atoms with E-state index in [-0.39, 0.29) is 5.56 Å². The first-order chi connectivity index (χ1) is 9.38. The molecule has 0 aliphatic rings. The number of nitrogens with one attached hydrogen (secondary N) is 1. The fraction of sp³-hybridized carbons (Fsp3) is 0.0769. The average molecular weight is 394 g/mol. The number of benzene rings is 1. The second-order valence-corrected chi connectivity index (χ2v) is 6.14. The molecule has 20 heavy (non-hydrogen) atoms. The summed E-state index contributed by atoms with van der Waals surface area (Å²) in [6, 6.07) is 4.89. The van der Waals surface area contributed by atoms with Gasteiger partial charge in [-0.1, -0.05) is 50.7 Å². The van der Waals surface area contributed by atoms with Gasteiger partial charge in [-0.15, -0.1) is 0 Å². The fourth-order valence-corrected chi connectivity index (χ4v) is 3.13. The third kappa shape index (κ3) is 3.44. The summed E-state index contributed by atoms with van der Waals surface area (Å²) in [5.41, 5.74) is 1.32. The standard InChI is InChI=1S/C13H8BrCl3N2O/c1-6-2-9(15)8(5-18-6)13(20)19-12-10(16)3-7(14)4-11(12)17/h2-5H,1H3,(H,19,20). The minimum atomic E-state index is -0.423. The van der Waals surface area contributed by atoms with Gasteiger partial charge in [0.25, 0.3) is 5.91 Å². The van der Waals surface area contributed by atoms with E-state index >= 15 is 0 Å². The van der Waals surface area contributed by atoms with Crippen LogP contribution >= 0.6 is 50.7 Å². The number of halogens is 4. The molecule has 0 spiro atoms. The summed E-state index contributed by atoms with van der Waals surface area (Å²) < 4.78 is 0.723. The number of hydrogen-bond donors (Lipinski definition) is 1. The molecule has 0 aliphatic heterocycles. The lowest BCUT2D eigenvalue weighted by atomic mass is 10.2. The van der Waals surface area contributed by atoms with Crippen LogP contribution in [0.1, 0.15) is 16.1 Å². The molecule has 0 atom stereocenters. The van der Waals surface area contributed by atoms with Crippen LogP contribution in [0.25, 0.3) is 0 Å². The van der Waals surface area contributed by atoms with Crippen molar-refractivity contribution in [3.63, 3.8) is 0 Å². The Bertz CT molecular complexity index is 668. The molecular weight excluding hydrogens is 386 g/mol. The highest BCUT2D eigenvalue weighted by Gasteiger charge is 2.15. The van der Waals surface area contributed by atoms with Crippen molar-refractivity contribution in [1.29, 1.82) is 0 Å². The molecule has 1 aromatic heterocycles. The second kappa shape index (κ2) is 6.31. The largest absolute Gasteiger partial charge is 0.319 e. The first-order valence-corrected chi connectivity index (χ1v) is 7.39. The van der Waals surface area contributed by atoms with Crippen molar-refractivity contribution >= 4 is 62.3 Å². The van der Waals surface area contributed by atoms with Gasteiger partial charge in [0.15, 0.2) is 0 Å². The Labute approximate surface area is 139 Å². The first-order valence-electron chi connectivity index (χ1n) is 5.46. The van der Waals surface area contributed by atoms with Crippen molar-refractivity contribution in [2.24, 2.45) is 0 Å². The van der Waals surface area contributed by atoms with Crippen molar-refractivity contribution in [3.05, 3.63) is 55.2 Å². The van der Waals surface area contributed by atoms with Crippen LogP contribution in [0, 0.1) is 6.92 Å². The Morgan fingerprint density at radius 2 is 1.75 bits per heavy atom. The number of rotatable bonds is 2. The minimum absolute atomic E-state index is 0.257. The van der Waals surface area contributed by atoms with E-state index < -0.39 is 5.91 Å². The Kier molecular flexibility index (Phi) is 4.91. The molecule has 104 valence electrons. The van der Waals surface area contributed by atoms with Crippen molar-refractivity contribution < 1.29 is 4.79 Å². The lowest BCUT2D eigenvalue weighted by molar-refractivity contribution is 0.102. The molecule has 7 heteroatoms. The maximum atomic E-state index is 12.2. The van der Waals surface area contributed by atoms with Crippen molar-refractivity contribution in [2.75, 3.05) is 5.32 Å². The molecule has 1 amide bonds. The quantitative estimate of drug-likeness (QED) is 0.745. The summed E-state index contributed by atoms with van der Waals surface area (Å²) in [4.78, 5) is 16.2. The molecule has 2 rings (SSSR count). The SMILES string of the molecule is Cc1cc(Cl)c(C(=O)Nc2c(Cl)cc(Br)cc2Cl)cn1. The maximum Gasteiger partial charge on any atom is 0.258 e. The zero-order valence-corrected chi connectivity index (χ0v) is 14.0. The molecule has 1 N–H and O–H groups in total. The molecule has 2 aromatic rings. The summed E-state index contributed by atoms with van der Waals surface area (Å²) in [6.45, 7) is 1.79. The maximum absolute atomic E-state index is 12.2. The van der Waals surface area contributed by atoms with E-state index in [1.165, 1.54) is 6.20 Å². The second-order valence-electron chi connectivity index (χ2n) is 4.00. The Hall–Kier alpha value is -0.810. The molecule has 0 saturated carbocycles. The molecule has 0 saturated heterocycles. The molecule has 0 fully saturated rings. The van der Waals surface area contributed by atoms with Crippen molar-refractivity contribution in [2.45, 2.75) is 6.92 Å². The molecule has 0 unspecified atom stereocenters. The van der Waals surface area contributed by atoms with Gasteiger partial charge in [0, 0.05) is 16.4 Å². The van der Waals surface area contributed by atoms with Crippen molar-refractivity contribution in [3.8, 4) is 0 Å². The average Bonchev–Trinajstić information content (AvgIpc) is 2.33. The van der Waals surface area contributed by atoms with Gasteiger partial charge in [-0.2, -0.15) is 0 Å². The normalized spacial score (nSPS) is 10.4. The van der Waals surface area contributed by atoms with E-state index in [2.05, 4.69) is 26.2 Å². The topological polar surface area (TPSA) is 42.0 Å². The number of pyridine rings is 1. The summed E-state index contributed by atoms with van der Waals surface area (Å²) in [5.74, 6) is -0.423. The van der Waals surface area contributed by atoms with Gasteiger partial charge in [-0.05, 0) is 25.1 Å². The monoisotopic (exact) mass is 392 g/mol. The highest BCUT2D eigenvalue weighted by Crippen LogP contribution is 2.34. The predicted octanol–water partition coefficient (Wildman–Crippen LogP) is 5.37. The number of aromatic nitrogens is 1. The van der Waals surface area contributed by atoms with Gasteiger partial charge in [0.2, 0.25) is 0 Å². The number of anilines is 1. The molecule has 1 heterocycles. The zero-order chi connectivity index (χ0) is 14.9. The minimum Gasteiger partial charge on any atom is -0.319 e. The third-order valence-corrected chi connectivity index (χ3v) is 3.85. The van der Waals surface area contributed by atoms with Crippen LogP contribution in [0.2, 0.25) is 15.1 Å². The Balaban J connectivity index is 2.33. The van der Waals surface area contributed by atoms with Gasteiger partial charge in [-0.3, -0.25) is 9.78 Å². The van der Waals surface area contributed by atoms with Gasteiger partial charge < -0.3 is 5.32 Å². The summed E-state index contributed by atoms with van der Waals surface area (Å²) >= 11 is 21.4. The van der Waals surface area contributed by atoms with Crippen molar-refractivity contribution in [1.82, 2.24) is 4.98 Å². The highest BCUT2D eigenvalue weighted by molar-refractivity contribution is 9.10. The van der Waals surface area contributed by atoms with Gasteiger partial charge >= 0.3 is 0 Å². The number of hydrogen-bond acceptors (Lipinski definition) is 2. The lowest BCUT2D eigenvalue weighted by Crippen LogP contribution is -2.13. The number of amides is 1. The van der Waals surface area contributed by atoms with E-state index in [9.17, 15) is 4.79 Å². The van der Waals surface area contributed by atoms with Gasteiger partial charge in [-0.25, -0.2) is 0 Å². The Morgan fingerprint density at radius 3 is 2.30 bits per heavy atom. The molecule has 0 aliphatic carbocycles. The number of carbonyl (C=O) groups is 1. The Morgan fingerprint density at radius 1 is 1.15 bits per heavy atom. The van der Waals surface area contributed by atoms with Crippen LogP contribution in [0.15, 0.2) is 28.9 Å². The smallest absolute Gasteiger partial charge is 0.258 e. The summed E-state index contributed by atoms with van der Waals surface area (Å²) in [7, 11) is 0. The van der Waals surface area contributed by atoms with E-state index in [0.717, 1.165) is 10.2 Å². The van der Waals surface area contributed by atoms with Gasteiger partial charge in [0.1, 0.15) is 0 Å². The highest BCUT2D eigenvalue weighted by atomic mass is 79.9. The van der Waals surface area contributed by atoms with E-state index in [1.807, 2.05) is 0 Å². The van der Waals surface area contributed by atoms with E-state index in [0.29, 0.717) is 20.8 Å². The zero-order valence-electron chi connectivity index (χ0n) is 10.2. The number of carbonyl (C=O) groups excluding carboxylic acids is 1. The summed E-state index contributed by atoms with van der Waals surface area (Å²) in [5, 5.41) is 3.61. The molecule has 3 nitrogen and oxygen atoms in total. The predicted molar refractivity (Wildman–Crippen MR) is 86.1 cm³/mol. The lowest BCUT2D eigenvalue weighted by Gasteiger charge is -2.10. The van der Waals surface area contributed by atoms with E-state index in [4.69, 9.17) is 34.8 Å². The fourth-order valence-electron chi connectivity index (χ4n) is 1.54. The number of nitrogens with zero attached hydrogens (tertiary/aromatic N) is 1. The van der Waals surface area contributed by atoms with Crippen LogP contribution < -0.4 is 5.32 Å².